The molecule has 1 heterocycles. The van der Waals surface area contributed by atoms with Gasteiger partial charge >= 0.3 is 0 Å². The number of benzene rings is 1. The van der Waals surface area contributed by atoms with Crippen molar-refractivity contribution in [2.24, 2.45) is 0 Å². The number of nitrogens with one attached hydrogen (secondary N) is 1. The van der Waals surface area contributed by atoms with E-state index in [-0.39, 0.29) is 5.82 Å². The first-order valence-electron chi connectivity index (χ1n) is 5.09. The Bertz CT molecular complexity index is 589. The second kappa shape index (κ2) is 5.80. The minimum Gasteiger partial charge on any atom is -0.366 e. The zero-order valence-corrected chi connectivity index (χ0v) is 11.5. The Hall–Kier alpha value is -1.64. The van der Waals surface area contributed by atoms with Gasteiger partial charge in [-0.3, -0.25) is 0 Å². The topological polar surface area (TPSA) is 61.6 Å². The van der Waals surface area contributed by atoms with Crippen molar-refractivity contribution in [1.29, 1.82) is 5.26 Å². The molecule has 2 rings (SSSR count). The van der Waals surface area contributed by atoms with Gasteiger partial charge in [-0.05, 0) is 29.8 Å². The molecule has 0 aliphatic carbocycles. The molecule has 0 spiro atoms. The van der Waals surface area contributed by atoms with Gasteiger partial charge in [-0.2, -0.15) is 5.26 Å². The molecule has 0 saturated heterocycles. The number of halogens is 2. The summed E-state index contributed by atoms with van der Waals surface area (Å²) in [6.45, 7) is 0.570. The zero-order valence-electron chi connectivity index (χ0n) is 9.19. The molecular weight excluding hydrogens is 316 g/mol. The monoisotopic (exact) mass is 322 g/mol. The van der Waals surface area contributed by atoms with Crippen LogP contribution in [0.3, 0.4) is 0 Å². The minimum atomic E-state index is 0.146. The molecule has 0 aliphatic rings. The van der Waals surface area contributed by atoms with E-state index in [1.807, 2.05) is 24.3 Å². The zero-order chi connectivity index (χ0) is 13.0. The summed E-state index contributed by atoms with van der Waals surface area (Å²) >= 11 is 9.33. The van der Waals surface area contributed by atoms with Crippen LogP contribution in [0, 0.1) is 11.3 Å². The van der Waals surface area contributed by atoms with Crippen LogP contribution in [0.15, 0.2) is 34.9 Å². The highest BCUT2D eigenvalue weighted by Gasteiger charge is 2.00. The fourth-order valence-electron chi connectivity index (χ4n) is 1.42. The Morgan fingerprint density at radius 1 is 1.39 bits per heavy atom. The normalized spacial score (nSPS) is 9.83. The Morgan fingerprint density at radius 3 is 2.94 bits per heavy atom. The summed E-state index contributed by atoms with van der Waals surface area (Å²) in [6.07, 6.45) is 1.54. The summed E-state index contributed by atoms with van der Waals surface area (Å²) in [5.74, 6) is 0.755. The van der Waals surface area contributed by atoms with Crippen LogP contribution in [0.25, 0.3) is 0 Å². The Morgan fingerprint density at radius 2 is 2.22 bits per heavy atom. The summed E-state index contributed by atoms with van der Waals surface area (Å²) in [7, 11) is 0. The molecule has 1 aromatic heterocycles. The maximum atomic E-state index is 8.69. The van der Waals surface area contributed by atoms with Crippen LogP contribution < -0.4 is 5.32 Å². The van der Waals surface area contributed by atoms with E-state index in [2.05, 4.69) is 31.2 Å². The number of rotatable bonds is 3. The van der Waals surface area contributed by atoms with Gasteiger partial charge in [-0.15, -0.1) is 0 Å². The molecule has 1 aromatic carbocycles. The number of aromatic nitrogens is 2. The van der Waals surface area contributed by atoms with Gasteiger partial charge in [0.25, 0.3) is 0 Å². The number of hydrogen-bond acceptors (Lipinski definition) is 4. The number of anilines is 1. The molecule has 0 aliphatic heterocycles. The molecule has 0 radical (unpaired) electrons. The molecule has 0 atom stereocenters. The number of nitriles is 1. The SMILES string of the molecule is N#Cc1nccc(NCc2cc(Cl)cc(Br)c2)n1. The molecule has 18 heavy (non-hydrogen) atoms. The summed E-state index contributed by atoms with van der Waals surface area (Å²) in [5, 5.41) is 12.5. The largest absolute Gasteiger partial charge is 0.366 e. The van der Waals surface area contributed by atoms with Crippen molar-refractivity contribution in [3.8, 4) is 6.07 Å². The van der Waals surface area contributed by atoms with E-state index in [1.165, 1.54) is 0 Å². The Balaban J connectivity index is 2.09. The van der Waals surface area contributed by atoms with Crippen molar-refractivity contribution >= 4 is 33.3 Å². The van der Waals surface area contributed by atoms with Crippen LogP contribution in [0.5, 0.6) is 0 Å². The predicted octanol–water partition coefficient (Wildman–Crippen LogP) is 3.38. The molecule has 0 amide bonds. The molecule has 0 saturated carbocycles. The van der Waals surface area contributed by atoms with Crippen molar-refractivity contribution in [3.05, 3.63) is 51.3 Å². The average molecular weight is 324 g/mol. The molecule has 0 fully saturated rings. The highest BCUT2D eigenvalue weighted by molar-refractivity contribution is 9.10. The summed E-state index contributed by atoms with van der Waals surface area (Å²) in [6, 6.07) is 9.25. The third-order valence-electron chi connectivity index (χ3n) is 2.15. The lowest BCUT2D eigenvalue weighted by Crippen LogP contribution is -2.03. The standard InChI is InChI=1S/C12H8BrClN4/c13-9-3-8(4-10(14)5-9)7-17-11-1-2-16-12(6-15)18-11/h1-5H,7H2,(H,16,17,18). The summed E-state index contributed by atoms with van der Waals surface area (Å²) < 4.78 is 0.923. The molecule has 0 bridgehead atoms. The molecule has 2 aromatic rings. The van der Waals surface area contributed by atoms with Crippen molar-refractivity contribution in [1.82, 2.24) is 9.97 Å². The highest BCUT2D eigenvalue weighted by Crippen LogP contribution is 2.20. The van der Waals surface area contributed by atoms with E-state index in [1.54, 1.807) is 12.3 Å². The molecule has 0 unspecified atom stereocenters. The quantitative estimate of drug-likeness (QED) is 0.940. The average Bonchev–Trinajstić information content (AvgIpc) is 2.35. The highest BCUT2D eigenvalue weighted by atomic mass is 79.9. The van der Waals surface area contributed by atoms with Gasteiger partial charge in [0, 0.05) is 22.2 Å². The van der Waals surface area contributed by atoms with Gasteiger partial charge in [0.05, 0.1) is 0 Å². The van der Waals surface area contributed by atoms with Crippen molar-refractivity contribution in [3.63, 3.8) is 0 Å². The first kappa shape index (κ1) is 12.8. The van der Waals surface area contributed by atoms with E-state index in [0.717, 1.165) is 10.0 Å². The van der Waals surface area contributed by atoms with E-state index in [4.69, 9.17) is 16.9 Å². The first-order chi connectivity index (χ1) is 8.67. The molecule has 6 heteroatoms. The van der Waals surface area contributed by atoms with Crippen LogP contribution in [0.2, 0.25) is 5.02 Å². The van der Waals surface area contributed by atoms with Gasteiger partial charge in [-0.1, -0.05) is 27.5 Å². The molecule has 90 valence electrons. The fraction of sp³-hybridized carbons (Fsp3) is 0.0833. The lowest BCUT2D eigenvalue weighted by Gasteiger charge is -2.06. The molecule has 4 nitrogen and oxygen atoms in total. The van der Waals surface area contributed by atoms with Crippen LogP contribution in [0.4, 0.5) is 5.82 Å². The third kappa shape index (κ3) is 3.42. The minimum absolute atomic E-state index is 0.146. The smallest absolute Gasteiger partial charge is 0.234 e. The van der Waals surface area contributed by atoms with Gasteiger partial charge in [0.1, 0.15) is 11.9 Å². The van der Waals surface area contributed by atoms with Crippen molar-refractivity contribution in [2.45, 2.75) is 6.54 Å². The van der Waals surface area contributed by atoms with E-state index in [0.29, 0.717) is 17.4 Å². The van der Waals surface area contributed by atoms with Crippen LogP contribution in [-0.2, 0) is 6.54 Å². The Labute approximate surface area is 118 Å². The van der Waals surface area contributed by atoms with Crippen LogP contribution in [0.1, 0.15) is 11.4 Å². The fourth-order valence-corrected chi connectivity index (χ4v) is 2.35. The second-order valence-corrected chi connectivity index (χ2v) is 4.86. The van der Waals surface area contributed by atoms with E-state index < -0.39 is 0 Å². The van der Waals surface area contributed by atoms with Crippen molar-refractivity contribution < 1.29 is 0 Å². The lowest BCUT2D eigenvalue weighted by atomic mass is 10.2. The van der Waals surface area contributed by atoms with E-state index in [9.17, 15) is 0 Å². The van der Waals surface area contributed by atoms with Crippen LogP contribution in [-0.4, -0.2) is 9.97 Å². The maximum absolute atomic E-state index is 8.69. The maximum Gasteiger partial charge on any atom is 0.234 e. The Kier molecular flexibility index (Phi) is 4.13. The van der Waals surface area contributed by atoms with Gasteiger partial charge in [0.15, 0.2) is 0 Å². The van der Waals surface area contributed by atoms with Gasteiger partial charge in [-0.25, -0.2) is 9.97 Å². The lowest BCUT2D eigenvalue weighted by molar-refractivity contribution is 1.06. The number of nitrogens with zero attached hydrogens (tertiary/aromatic N) is 3. The third-order valence-corrected chi connectivity index (χ3v) is 2.83. The van der Waals surface area contributed by atoms with Gasteiger partial charge in [0.2, 0.25) is 5.82 Å². The van der Waals surface area contributed by atoms with Crippen molar-refractivity contribution in [2.75, 3.05) is 5.32 Å². The summed E-state index contributed by atoms with van der Waals surface area (Å²) in [5.41, 5.74) is 1.02. The van der Waals surface area contributed by atoms with Crippen LogP contribution >= 0.6 is 27.5 Å². The summed E-state index contributed by atoms with van der Waals surface area (Å²) in [4.78, 5) is 7.82. The molecular formula is C12H8BrClN4. The first-order valence-corrected chi connectivity index (χ1v) is 6.26. The predicted molar refractivity (Wildman–Crippen MR) is 73.2 cm³/mol. The molecule has 1 N–H and O–H groups in total. The van der Waals surface area contributed by atoms with E-state index >= 15 is 0 Å². The van der Waals surface area contributed by atoms with Gasteiger partial charge < -0.3 is 5.32 Å². The number of hydrogen-bond donors (Lipinski definition) is 1. The second-order valence-electron chi connectivity index (χ2n) is 3.51.